The van der Waals surface area contributed by atoms with Crippen LogP contribution < -0.4 is 0 Å². The summed E-state index contributed by atoms with van der Waals surface area (Å²) in [4.78, 5) is 18.0. The van der Waals surface area contributed by atoms with E-state index < -0.39 is 15.9 Å². The summed E-state index contributed by atoms with van der Waals surface area (Å²) < 4.78 is 23.2. The zero-order chi connectivity index (χ0) is 15.6. The van der Waals surface area contributed by atoms with Crippen molar-refractivity contribution in [3.05, 3.63) is 28.5 Å². The molecule has 0 aromatic carbocycles. The quantitative estimate of drug-likeness (QED) is 0.785. The molecule has 1 aliphatic rings. The lowest BCUT2D eigenvalue weighted by molar-refractivity contribution is 0.0724. The van der Waals surface area contributed by atoms with Crippen LogP contribution >= 0.6 is 11.6 Å². The lowest BCUT2D eigenvalue weighted by Crippen LogP contribution is -2.41. The molecule has 0 spiro atoms. The standard InChI is InChI=1S/C14H15ClN2O3S/c1-3-5-17(11-4-6-21(19,20)9-11)14(18)12-8-16-10(2)7-13(12)15/h1,7-8,11H,4-6,9H2,2H3. The van der Waals surface area contributed by atoms with Gasteiger partial charge >= 0.3 is 0 Å². The Morgan fingerprint density at radius 3 is 2.86 bits per heavy atom. The summed E-state index contributed by atoms with van der Waals surface area (Å²) in [6.45, 7) is 1.81. The fourth-order valence-corrected chi connectivity index (χ4v) is 4.34. The fraction of sp³-hybridized carbons (Fsp3) is 0.429. The summed E-state index contributed by atoms with van der Waals surface area (Å²) in [5.41, 5.74) is 0.935. The molecular weight excluding hydrogens is 312 g/mol. The third kappa shape index (κ3) is 3.55. The molecule has 1 unspecified atom stereocenters. The molecule has 1 amide bonds. The van der Waals surface area contributed by atoms with Crippen LogP contribution in [0.3, 0.4) is 0 Å². The summed E-state index contributed by atoms with van der Waals surface area (Å²) >= 11 is 6.07. The number of rotatable bonds is 3. The van der Waals surface area contributed by atoms with E-state index in [-0.39, 0.29) is 34.5 Å². The highest BCUT2D eigenvalue weighted by Gasteiger charge is 2.35. The smallest absolute Gasteiger partial charge is 0.258 e. The number of amides is 1. The monoisotopic (exact) mass is 326 g/mol. The van der Waals surface area contributed by atoms with Crippen molar-refractivity contribution < 1.29 is 13.2 Å². The van der Waals surface area contributed by atoms with Crippen LogP contribution in [0.5, 0.6) is 0 Å². The average molecular weight is 327 g/mol. The highest BCUT2D eigenvalue weighted by molar-refractivity contribution is 7.91. The number of halogens is 1. The van der Waals surface area contributed by atoms with Crippen molar-refractivity contribution in [3.8, 4) is 12.3 Å². The summed E-state index contributed by atoms with van der Waals surface area (Å²) in [5.74, 6) is 2.04. The molecule has 112 valence electrons. The van der Waals surface area contributed by atoms with Gasteiger partial charge in [0.05, 0.1) is 28.6 Å². The van der Waals surface area contributed by atoms with Gasteiger partial charge < -0.3 is 4.90 Å². The van der Waals surface area contributed by atoms with Gasteiger partial charge in [-0.3, -0.25) is 9.78 Å². The molecule has 7 heteroatoms. The Bertz CT molecular complexity index is 709. The Morgan fingerprint density at radius 1 is 1.62 bits per heavy atom. The minimum absolute atomic E-state index is 0.0449. The lowest BCUT2D eigenvalue weighted by Gasteiger charge is -2.26. The first-order chi connectivity index (χ1) is 9.84. The van der Waals surface area contributed by atoms with Crippen molar-refractivity contribution in [2.75, 3.05) is 18.1 Å². The van der Waals surface area contributed by atoms with Crippen LogP contribution in [-0.2, 0) is 9.84 Å². The molecule has 0 bridgehead atoms. The molecule has 0 saturated carbocycles. The number of sulfone groups is 1. The van der Waals surface area contributed by atoms with Crippen LogP contribution in [0, 0.1) is 19.3 Å². The number of carbonyl (C=O) groups excluding carboxylic acids is 1. The Balaban J connectivity index is 2.30. The van der Waals surface area contributed by atoms with Crippen molar-refractivity contribution in [1.29, 1.82) is 0 Å². The zero-order valence-corrected chi connectivity index (χ0v) is 13.1. The predicted octanol–water partition coefficient (Wildman–Crippen LogP) is 1.31. The normalized spacial score (nSPS) is 20.0. The molecular formula is C14H15ClN2O3S. The second-order valence-electron chi connectivity index (χ2n) is 5.00. The van der Waals surface area contributed by atoms with Crippen LogP contribution in [0.2, 0.25) is 5.02 Å². The molecule has 0 aliphatic carbocycles. The molecule has 0 radical (unpaired) electrons. The Kier molecular flexibility index (Phi) is 4.55. The van der Waals surface area contributed by atoms with Gasteiger partial charge in [-0.05, 0) is 19.4 Å². The second kappa shape index (κ2) is 6.04. The van der Waals surface area contributed by atoms with E-state index in [1.165, 1.54) is 11.1 Å². The Morgan fingerprint density at radius 2 is 2.33 bits per heavy atom. The number of nitrogens with zero attached hydrogens (tertiary/aromatic N) is 2. The number of pyridine rings is 1. The summed E-state index contributed by atoms with van der Waals surface area (Å²) in [6.07, 6.45) is 7.09. The van der Waals surface area contributed by atoms with Gasteiger partial charge in [-0.2, -0.15) is 0 Å². The largest absolute Gasteiger partial charge is 0.323 e. The number of hydrogen-bond donors (Lipinski definition) is 0. The predicted molar refractivity (Wildman–Crippen MR) is 80.9 cm³/mol. The third-order valence-electron chi connectivity index (χ3n) is 3.39. The number of aromatic nitrogens is 1. The van der Waals surface area contributed by atoms with E-state index >= 15 is 0 Å². The number of hydrogen-bond acceptors (Lipinski definition) is 4. The minimum Gasteiger partial charge on any atom is -0.323 e. The molecule has 5 nitrogen and oxygen atoms in total. The van der Waals surface area contributed by atoms with E-state index in [0.29, 0.717) is 12.1 Å². The van der Waals surface area contributed by atoms with Gasteiger partial charge in [0.25, 0.3) is 5.91 Å². The van der Waals surface area contributed by atoms with Crippen LogP contribution in [-0.4, -0.2) is 48.3 Å². The van der Waals surface area contributed by atoms with E-state index in [1.54, 1.807) is 13.0 Å². The highest BCUT2D eigenvalue weighted by Crippen LogP contribution is 2.23. The van der Waals surface area contributed by atoms with Crippen LogP contribution in [0.25, 0.3) is 0 Å². The maximum atomic E-state index is 12.6. The summed E-state index contributed by atoms with van der Waals surface area (Å²) in [6, 6.07) is 1.18. The Hall–Kier alpha value is -1.58. The molecule has 1 aliphatic heterocycles. The van der Waals surface area contributed by atoms with Gasteiger partial charge in [0.15, 0.2) is 9.84 Å². The molecule has 21 heavy (non-hydrogen) atoms. The van der Waals surface area contributed by atoms with Gasteiger partial charge in [-0.15, -0.1) is 6.42 Å². The van der Waals surface area contributed by atoms with E-state index in [0.717, 1.165) is 0 Å². The molecule has 2 heterocycles. The van der Waals surface area contributed by atoms with Crippen molar-refractivity contribution in [3.63, 3.8) is 0 Å². The SMILES string of the molecule is C#CCN(C(=O)c1cnc(C)cc1Cl)C1CCS(=O)(=O)C1. The maximum absolute atomic E-state index is 12.6. The van der Waals surface area contributed by atoms with Crippen LogP contribution in [0.1, 0.15) is 22.5 Å². The van der Waals surface area contributed by atoms with E-state index in [9.17, 15) is 13.2 Å². The first kappa shape index (κ1) is 15.8. The van der Waals surface area contributed by atoms with Crippen molar-refractivity contribution in [2.45, 2.75) is 19.4 Å². The van der Waals surface area contributed by atoms with Gasteiger partial charge in [0.2, 0.25) is 0 Å². The first-order valence-corrected chi connectivity index (χ1v) is 8.61. The van der Waals surface area contributed by atoms with Crippen molar-refractivity contribution >= 4 is 27.3 Å². The maximum Gasteiger partial charge on any atom is 0.258 e. The van der Waals surface area contributed by atoms with E-state index in [1.807, 2.05) is 0 Å². The second-order valence-corrected chi connectivity index (χ2v) is 7.64. The van der Waals surface area contributed by atoms with Gasteiger partial charge in [-0.25, -0.2) is 8.42 Å². The van der Waals surface area contributed by atoms with Crippen LogP contribution in [0.4, 0.5) is 0 Å². The van der Waals surface area contributed by atoms with Gasteiger partial charge in [-0.1, -0.05) is 17.5 Å². The fourth-order valence-electron chi connectivity index (χ4n) is 2.32. The number of terminal acetylenes is 1. The Labute approximate surface area is 129 Å². The zero-order valence-electron chi connectivity index (χ0n) is 11.5. The molecule has 1 aromatic heterocycles. The summed E-state index contributed by atoms with van der Waals surface area (Å²) in [7, 11) is -3.10. The van der Waals surface area contributed by atoms with E-state index in [4.69, 9.17) is 18.0 Å². The summed E-state index contributed by atoms with van der Waals surface area (Å²) in [5, 5.41) is 0.287. The molecule has 1 atom stereocenters. The van der Waals surface area contributed by atoms with Crippen LogP contribution in [0.15, 0.2) is 12.3 Å². The first-order valence-electron chi connectivity index (χ1n) is 6.41. The van der Waals surface area contributed by atoms with Gasteiger partial charge in [0.1, 0.15) is 0 Å². The molecule has 2 rings (SSSR count). The molecule has 1 saturated heterocycles. The molecule has 1 aromatic rings. The molecule has 0 N–H and O–H groups in total. The number of aryl methyl sites for hydroxylation is 1. The molecule has 1 fully saturated rings. The van der Waals surface area contributed by atoms with Crippen molar-refractivity contribution in [2.24, 2.45) is 0 Å². The third-order valence-corrected chi connectivity index (χ3v) is 5.46. The highest BCUT2D eigenvalue weighted by atomic mass is 35.5. The van der Waals surface area contributed by atoms with Crippen molar-refractivity contribution in [1.82, 2.24) is 9.88 Å². The average Bonchev–Trinajstić information content (AvgIpc) is 2.75. The number of carbonyl (C=O) groups is 1. The van der Waals surface area contributed by atoms with E-state index in [2.05, 4.69) is 10.9 Å². The lowest BCUT2D eigenvalue weighted by atomic mass is 10.1. The minimum atomic E-state index is -3.10. The van der Waals surface area contributed by atoms with Gasteiger partial charge in [0, 0.05) is 17.9 Å². The topological polar surface area (TPSA) is 67.3 Å².